The van der Waals surface area contributed by atoms with Crippen molar-refractivity contribution >= 4 is 33.4 Å². The van der Waals surface area contributed by atoms with E-state index in [0.717, 1.165) is 17.0 Å². The highest BCUT2D eigenvalue weighted by Crippen LogP contribution is 2.26. The summed E-state index contributed by atoms with van der Waals surface area (Å²) in [5.74, 6) is 0.483. The Kier molecular flexibility index (Phi) is 6.06. The number of nitrogens with zero attached hydrogens (tertiary/aromatic N) is 3. The summed E-state index contributed by atoms with van der Waals surface area (Å²) in [5.41, 5.74) is 2.59. The minimum absolute atomic E-state index is 0.0133. The maximum atomic E-state index is 12.5. The van der Waals surface area contributed by atoms with Crippen LogP contribution in [-0.2, 0) is 21.9 Å². The van der Waals surface area contributed by atoms with Crippen LogP contribution in [0.4, 0.5) is 5.69 Å². The van der Waals surface area contributed by atoms with Gasteiger partial charge in [-0.2, -0.15) is 0 Å². The van der Waals surface area contributed by atoms with Crippen molar-refractivity contribution in [1.82, 2.24) is 14.8 Å². The highest BCUT2D eigenvalue weighted by molar-refractivity contribution is 8.00. The van der Waals surface area contributed by atoms with Gasteiger partial charge in [-0.1, -0.05) is 41.6 Å². The number of thioether (sulfide) groups is 1. The third kappa shape index (κ3) is 5.03. The molecule has 1 aromatic heterocycles. The predicted molar refractivity (Wildman–Crippen MR) is 113 cm³/mol. The summed E-state index contributed by atoms with van der Waals surface area (Å²) >= 11 is 1.29. The minimum atomic E-state index is -3.77. The molecule has 0 aliphatic rings. The maximum Gasteiger partial charge on any atom is 0.238 e. The highest BCUT2D eigenvalue weighted by atomic mass is 32.2. The molecule has 1 unspecified atom stereocenters. The van der Waals surface area contributed by atoms with Gasteiger partial charge in [0.2, 0.25) is 15.9 Å². The zero-order valence-electron chi connectivity index (χ0n) is 16.2. The summed E-state index contributed by atoms with van der Waals surface area (Å²) in [6.07, 6.45) is 0. The molecule has 8 nitrogen and oxygen atoms in total. The van der Waals surface area contributed by atoms with Gasteiger partial charge >= 0.3 is 0 Å². The molecule has 0 fully saturated rings. The lowest BCUT2D eigenvalue weighted by molar-refractivity contribution is -0.115. The number of amides is 1. The van der Waals surface area contributed by atoms with Crippen molar-refractivity contribution in [3.63, 3.8) is 0 Å². The fourth-order valence-electron chi connectivity index (χ4n) is 2.56. The Bertz CT molecular complexity index is 1120. The summed E-state index contributed by atoms with van der Waals surface area (Å²) in [6.45, 7) is 3.78. The number of nitrogens with two attached hydrogens (primary N) is 1. The molecule has 0 saturated carbocycles. The lowest BCUT2D eigenvalue weighted by atomic mass is 10.1. The molecule has 3 aromatic rings. The third-order valence-corrected chi connectivity index (χ3v) is 6.31. The maximum absolute atomic E-state index is 12.5. The average molecular weight is 432 g/mol. The second-order valence-corrected chi connectivity index (χ2v) is 9.42. The monoisotopic (exact) mass is 431 g/mol. The van der Waals surface area contributed by atoms with Crippen molar-refractivity contribution in [3.05, 3.63) is 54.1 Å². The number of primary sulfonamides is 1. The Morgan fingerprint density at radius 1 is 1.10 bits per heavy atom. The molecule has 3 N–H and O–H groups in total. The van der Waals surface area contributed by atoms with Crippen LogP contribution in [-0.4, -0.2) is 34.3 Å². The molecule has 3 rings (SSSR count). The number of aryl methyl sites for hydroxylation is 1. The number of hydrogen-bond donors (Lipinski definition) is 2. The number of nitrogens with one attached hydrogen (secondary N) is 1. The Morgan fingerprint density at radius 3 is 2.31 bits per heavy atom. The van der Waals surface area contributed by atoms with Crippen molar-refractivity contribution in [3.8, 4) is 11.4 Å². The van der Waals surface area contributed by atoms with Gasteiger partial charge in [-0.15, -0.1) is 10.2 Å². The fraction of sp³-hybridized carbons (Fsp3) is 0.211. The zero-order valence-corrected chi connectivity index (χ0v) is 17.8. The van der Waals surface area contributed by atoms with E-state index in [2.05, 4.69) is 15.5 Å². The second kappa shape index (κ2) is 8.36. The van der Waals surface area contributed by atoms with Crippen LogP contribution in [0, 0.1) is 6.92 Å². The number of hydrogen-bond acceptors (Lipinski definition) is 6. The molecule has 0 radical (unpaired) electrons. The number of carbonyl (C=O) groups is 1. The number of rotatable bonds is 6. The Hall–Kier alpha value is -2.69. The molecule has 2 aromatic carbocycles. The molecular formula is C19H21N5O3S2. The van der Waals surface area contributed by atoms with E-state index in [-0.39, 0.29) is 10.8 Å². The highest BCUT2D eigenvalue weighted by Gasteiger charge is 2.20. The molecular weight excluding hydrogens is 410 g/mol. The van der Waals surface area contributed by atoms with E-state index >= 15 is 0 Å². The molecule has 0 spiro atoms. The number of sulfonamides is 1. The smallest absolute Gasteiger partial charge is 0.238 e. The summed E-state index contributed by atoms with van der Waals surface area (Å²) in [4.78, 5) is 12.5. The lowest BCUT2D eigenvalue weighted by Gasteiger charge is -2.12. The van der Waals surface area contributed by atoms with Crippen molar-refractivity contribution in [1.29, 1.82) is 0 Å². The largest absolute Gasteiger partial charge is 0.325 e. The zero-order chi connectivity index (χ0) is 21.2. The number of aromatic nitrogens is 3. The van der Waals surface area contributed by atoms with E-state index < -0.39 is 15.3 Å². The first-order valence-corrected chi connectivity index (χ1v) is 11.1. The molecule has 0 bridgehead atoms. The van der Waals surface area contributed by atoms with Crippen LogP contribution in [0.1, 0.15) is 12.5 Å². The van der Waals surface area contributed by atoms with Gasteiger partial charge in [0.1, 0.15) is 0 Å². The van der Waals surface area contributed by atoms with Gasteiger partial charge in [0, 0.05) is 18.3 Å². The quantitative estimate of drug-likeness (QED) is 0.579. The molecule has 1 heterocycles. The van der Waals surface area contributed by atoms with E-state index in [4.69, 9.17) is 5.14 Å². The first-order valence-electron chi connectivity index (χ1n) is 8.72. The minimum Gasteiger partial charge on any atom is -0.325 e. The fourth-order valence-corrected chi connectivity index (χ4v) is 3.89. The van der Waals surface area contributed by atoms with Crippen LogP contribution in [0.25, 0.3) is 11.4 Å². The van der Waals surface area contributed by atoms with Crippen LogP contribution in [0.5, 0.6) is 0 Å². The number of anilines is 1. The third-order valence-electron chi connectivity index (χ3n) is 4.25. The van der Waals surface area contributed by atoms with Crippen molar-refractivity contribution in [2.45, 2.75) is 29.1 Å². The van der Waals surface area contributed by atoms with E-state index in [1.165, 1.54) is 36.0 Å². The Labute approximate surface area is 173 Å². The topological polar surface area (TPSA) is 120 Å². The van der Waals surface area contributed by atoms with Gasteiger partial charge in [-0.3, -0.25) is 4.79 Å². The van der Waals surface area contributed by atoms with Gasteiger partial charge in [-0.05, 0) is 38.1 Å². The van der Waals surface area contributed by atoms with Crippen LogP contribution in [0.3, 0.4) is 0 Å². The lowest BCUT2D eigenvalue weighted by Crippen LogP contribution is -2.23. The standard InChI is InChI=1S/C19H21N5O3S2/c1-12-4-6-14(7-5-12)17-22-23-19(24(17)3)28-13(2)18(25)21-15-8-10-16(11-9-15)29(20,26)27/h4-11,13H,1-3H3,(H,21,25)(H2,20,26,27). The van der Waals surface area contributed by atoms with Crippen LogP contribution >= 0.6 is 11.8 Å². The summed E-state index contributed by atoms with van der Waals surface area (Å²) in [5, 5.41) is 16.4. The average Bonchev–Trinajstić information content (AvgIpc) is 3.02. The van der Waals surface area contributed by atoms with Crippen molar-refractivity contribution < 1.29 is 13.2 Å². The molecule has 29 heavy (non-hydrogen) atoms. The molecule has 10 heteroatoms. The van der Waals surface area contributed by atoms with Gasteiger partial charge in [0.25, 0.3) is 0 Å². The van der Waals surface area contributed by atoms with Gasteiger partial charge in [0.15, 0.2) is 11.0 Å². The van der Waals surface area contributed by atoms with Crippen LogP contribution in [0.15, 0.2) is 58.6 Å². The first-order chi connectivity index (χ1) is 13.6. The Balaban J connectivity index is 1.68. The van der Waals surface area contributed by atoms with Gasteiger partial charge < -0.3 is 9.88 Å². The molecule has 0 aliphatic heterocycles. The van der Waals surface area contributed by atoms with Crippen molar-refractivity contribution in [2.75, 3.05) is 5.32 Å². The molecule has 152 valence electrons. The summed E-state index contributed by atoms with van der Waals surface area (Å²) in [7, 11) is -1.91. The second-order valence-electron chi connectivity index (χ2n) is 6.55. The SMILES string of the molecule is Cc1ccc(-c2nnc(SC(C)C(=O)Nc3ccc(S(N)(=O)=O)cc3)n2C)cc1. The van der Waals surface area contributed by atoms with E-state index in [1.807, 2.05) is 42.8 Å². The van der Waals surface area contributed by atoms with Crippen LogP contribution < -0.4 is 10.5 Å². The van der Waals surface area contributed by atoms with Crippen LogP contribution in [0.2, 0.25) is 0 Å². The molecule has 0 saturated heterocycles. The number of benzene rings is 2. The first kappa shape index (κ1) is 21.0. The molecule has 1 amide bonds. The summed E-state index contributed by atoms with van der Waals surface area (Å²) < 4.78 is 24.5. The summed E-state index contributed by atoms with van der Waals surface area (Å²) in [6, 6.07) is 13.7. The van der Waals surface area contributed by atoms with E-state index in [9.17, 15) is 13.2 Å². The number of carbonyl (C=O) groups excluding carboxylic acids is 1. The molecule has 0 aliphatic carbocycles. The van der Waals surface area contributed by atoms with E-state index in [1.54, 1.807) is 6.92 Å². The predicted octanol–water partition coefficient (Wildman–Crippen LogP) is 2.56. The normalized spacial score (nSPS) is 12.6. The van der Waals surface area contributed by atoms with Crippen molar-refractivity contribution in [2.24, 2.45) is 12.2 Å². The van der Waals surface area contributed by atoms with E-state index in [0.29, 0.717) is 10.8 Å². The molecule has 1 atom stereocenters. The Morgan fingerprint density at radius 2 is 1.72 bits per heavy atom. The van der Waals surface area contributed by atoms with Gasteiger partial charge in [0.05, 0.1) is 10.1 Å². The van der Waals surface area contributed by atoms with Gasteiger partial charge in [-0.25, -0.2) is 13.6 Å².